The van der Waals surface area contributed by atoms with Gasteiger partial charge in [0.05, 0.1) is 17.0 Å². The van der Waals surface area contributed by atoms with Crippen LogP contribution < -0.4 is 5.43 Å². The Balaban J connectivity index is 2.23. The van der Waals surface area contributed by atoms with Crippen LogP contribution in [0.4, 0.5) is 18.9 Å². The van der Waals surface area contributed by atoms with E-state index in [1.165, 1.54) is 29.5 Å². The first-order chi connectivity index (χ1) is 8.98. The van der Waals surface area contributed by atoms with Gasteiger partial charge in [0.2, 0.25) is 0 Å². The van der Waals surface area contributed by atoms with Gasteiger partial charge in [0.15, 0.2) is 0 Å². The Morgan fingerprint density at radius 2 is 1.89 bits per heavy atom. The number of rotatable bonds is 3. The van der Waals surface area contributed by atoms with E-state index in [0.717, 1.165) is 10.9 Å². The molecule has 0 aliphatic carbocycles. The van der Waals surface area contributed by atoms with Crippen LogP contribution in [0.25, 0.3) is 0 Å². The van der Waals surface area contributed by atoms with Crippen molar-refractivity contribution in [1.29, 1.82) is 0 Å². The van der Waals surface area contributed by atoms with Crippen LogP contribution in [0.3, 0.4) is 0 Å². The molecular formula is C13H11F3N2S. The van der Waals surface area contributed by atoms with Gasteiger partial charge in [0.1, 0.15) is 0 Å². The quantitative estimate of drug-likeness (QED) is 0.646. The van der Waals surface area contributed by atoms with E-state index in [0.29, 0.717) is 5.71 Å². The largest absolute Gasteiger partial charge is 0.418 e. The fourth-order valence-corrected chi connectivity index (χ4v) is 2.19. The molecule has 1 aromatic carbocycles. The molecule has 0 bridgehead atoms. The van der Waals surface area contributed by atoms with Crippen LogP contribution in [0.2, 0.25) is 0 Å². The number of benzene rings is 1. The molecule has 0 atom stereocenters. The standard InChI is InChI=1S/C13H11F3N2S/c1-9(12-7-4-8-19-12)17-18-11-6-3-2-5-10(11)13(14,15)16/h2-8,18H,1H3/b17-9+. The SMILES string of the molecule is C/C(=N\Nc1ccccc1C(F)(F)F)c1cccs1. The number of para-hydroxylation sites is 1. The Labute approximate surface area is 112 Å². The average molecular weight is 284 g/mol. The Kier molecular flexibility index (Phi) is 3.90. The minimum atomic E-state index is -4.39. The fourth-order valence-electron chi connectivity index (χ4n) is 1.51. The van der Waals surface area contributed by atoms with Crippen molar-refractivity contribution in [3.05, 3.63) is 52.2 Å². The second-order valence-electron chi connectivity index (χ2n) is 3.83. The van der Waals surface area contributed by atoms with Crippen molar-refractivity contribution in [3.63, 3.8) is 0 Å². The number of thiophene rings is 1. The van der Waals surface area contributed by atoms with Gasteiger partial charge in [-0.2, -0.15) is 18.3 Å². The molecule has 6 heteroatoms. The summed E-state index contributed by atoms with van der Waals surface area (Å²) >= 11 is 1.48. The first-order valence-corrected chi connectivity index (χ1v) is 6.37. The third-order valence-corrected chi connectivity index (χ3v) is 3.43. The van der Waals surface area contributed by atoms with E-state index < -0.39 is 11.7 Å². The highest BCUT2D eigenvalue weighted by atomic mass is 32.1. The third kappa shape index (κ3) is 3.35. The summed E-state index contributed by atoms with van der Waals surface area (Å²) < 4.78 is 38.3. The number of hydrazone groups is 1. The van der Waals surface area contributed by atoms with E-state index in [1.807, 2.05) is 17.5 Å². The smallest absolute Gasteiger partial charge is 0.278 e. The lowest BCUT2D eigenvalue weighted by atomic mass is 10.2. The Morgan fingerprint density at radius 3 is 2.53 bits per heavy atom. The van der Waals surface area contributed by atoms with Crippen molar-refractivity contribution in [2.24, 2.45) is 5.10 Å². The summed E-state index contributed by atoms with van der Waals surface area (Å²) in [4.78, 5) is 0.914. The lowest BCUT2D eigenvalue weighted by molar-refractivity contribution is -0.136. The molecule has 0 saturated carbocycles. The molecule has 0 fully saturated rings. The van der Waals surface area contributed by atoms with Crippen molar-refractivity contribution in [2.75, 3.05) is 5.43 Å². The van der Waals surface area contributed by atoms with E-state index in [9.17, 15) is 13.2 Å². The molecule has 1 N–H and O–H groups in total. The van der Waals surface area contributed by atoms with Crippen molar-refractivity contribution >= 4 is 22.7 Å². The highest BCUT2D eigenvalue weighted by molar-refractivity contribution is 7.12. The minimum absolute atomic E-state index is 0.0501. The van der Waals surface area contributed by atoms with Crippen molar-refractivity contribution in [1.82, 2.24) is 0 Å². The molecule has 0 aliphatic rings. The van der Waals surface area contributed by atoms with Gasteiger partial charge in [-0.1, -0.05) is 18.2 Å². The molecule has 1 aromatic heterocycles. The molecule has 0 unspecified atom stereocenters. The Hall–Kier alpha value is -1.82. The molecular weight excluding hydrogens is 273 g/mol. The van der Waals surface area contributed by atoms with Gasteiger partial charge in [-0.25, -0.2) is 0 Å². The summed E-state index contributed by atoms with van der Waals surface area (Å²) in [5.41, 5.74) is 2.35. The summed E-state index contributed by atoms with van der Waals surface area (Å²) in [5, 5.41) is 5.88. The lowest BCUT2D eigenvalue weighted by Gasteiger charge is -2.11. The molecule has 0 amide bonds. The number of halogens is 3. The number of nitrogens with zero attached hydrogens (tertiary/aromatic N) is 1. The molecule has 1 heterocycles. The fraction of sp³-hybridized carbons (Fsp3) is 0.154. The topological polar surface area (TPSA) is 24.4 Å². The van der Waals surface area contributed by atoms with Crippen molar-refractivity contribution in [2.45, 2.75) is 13.1 Å². The summed E-state index contributed by atoms with van der Waals surface area (Å²) in [6.07, 6.45) is -4.39. The van der Waals surface area contributed by atoms with Crippen LogP contribution in [0.1, 0.15) is 17.4 Å². The van der Waals surface area contributed by atoms with Crippen LogP contribution in [-0.2, 0) is 6.18 Å². The zero-order chi connectivity index (χ0) is 13.9. The normalized spacial score (nSPS) is 12.5. The molecule has 19 heavy (non-hydrogen) atoms. The van der Waals surface area contributed by atoms with Crippen LogP contribution in [0.15, 0.2) is 46.9 Å². The minimum Gasteiger partial charge on any atom is -0.278 e. The van der Waals surface area contributed by atoms with E-state index in [-0.39, 0.29) is 5.69 Å². The van der Waals surface area contributed by atoms with Gasteiger partial charge in [-0.05, 0) is 30.5 Å². The third-order valence-electron chi connectivity index (χ3n) is 2.45. The maximum absolute atomic E-state index is 12.8. The molecule has 2 nitrogen and oxygen atoms in total. The average Bonchev–Trinajstić information content (AvgIpc) is 2.89. The maximum Gasteiger partial charge on any atom is 0.418 e. The summed E-state index contributed by atoms with van der Waals surface area (Å²) in [5.74, 6) is 0. The van der Waals surface area contributed by atoms with E-state index in [2.05, 4.69) is 10.5 Å². The van der Waals surface area contributed by atoms with E-state index in [1.54, 1.807) is 6.92 Å². The molecule has 2 rings (SSSR count). The lowest BCUT2D eigenvalue weighted by Crippen LogP contribution is -2.09. The van der Waals surface area contributed by atoms with Crippen LogP contribution in [-0.4, -0.2) is 5.71 Å². The Bertz CT molecular complexity index is 574. The maximum atomic E-state index is 12.8. The van der Waals surface area contributed by atoms with Gasteiger partial charge >= 0.3 is 6.18 Å². The molecule has 0 spiro atoms. The Morgan fingerprint density at radius 1 is 1.16 bits per heavy atom. The van der Waals surface area contributed by atoms with Crippen LogP contribution in [0.5, 0.6) is 0 Å². The molecule has 0 aliphatic heterocycles. The highest BCUT2D eigenvalue weighted by Crippen LogP contribution is 2.34. The van der Waals surface area contributed by atoms with Crippen molar-refractivity contribution < 1.29 is 13.2 Å². The second-order valence-corrected chi connectivity index (χ2v) is 4.78. The molecule has 0 saturated heterocycles. The predicted molar refractivity (Wildman–Crippen MR) is 71.6 cm³/mol. The first kappa shape index (κ1) is 13.6. The number of hydrogen-bond acceptors (Lipinski definition) is 3. The summed E-state index contributed by atoms with van der Waals surface area (Å²) in [6, 6.07) is 8.99. The number of alkyl halides is 3. The number of hydrogen-bond donors (Lipinski definition) is 1. The zero-order valence-electron chi connectivity index (χ0n) is 10.0. The van der Waals surface area contributed by atoms with Gasteiger partial charge in [-0.15, -0.1) is 11.3 Å². The van der Waals surface area contributed by atoms with Crippen molar-refractivity contribution in [3.8, 4) is 0 Å². The van der Waals surface area contributed by atoms with Crippen LogP contribution in [0, 0.1) is 0 Å². The van der Waals surface area contributed by atoms with Gasteiger partial charge in [-0.3, -0.25) is 5.43 Å². The zero-order valence-corrected chi connectivity index (χ0v) is 10.8. The summed E-state index contributed by atoms with van der Waals surface area (Å²) in [7, 11) is 0. The second kappa shape index (κ2) is 5.44. The summed E-state index contributed by atoms with van der Waals surface area (Å²) in [6.45, 7) is 1.75. The number of nitrogens with one attached hydrogen (secondary N) is 1. The van der Waals surface area contributed by atoms with E-state index in [4.69, 9.17) is 0 Å². The highest BCUT2D eigenvalue weighted by Gasteiger charge is 2.33. The molecule has 0 radical (unpaired) electrons. The molecule has 100 valence electrons. The number of anilines is 1. The van der Waals surface area contributed by atoms with E-state index >= 15 is 0 Å². The van der Waals surface area contributed by atoms with Gasteiger partial charge in [0, 0.05) is 4.88 Å². The first-order valence-electron chi connectivity index (χ1n) is 5.49. The van der Waals surface area contributed by atoms with Gasteiger partial charge in [0.25, 0.3) is 0 Å². The van der Waals surface area contributed by atoms with Gasteiger partial charge < -0.3 is 0 Å². The predicted octanol–water partition coefficient (Wildman–Crippen LogP) is 4.60. The monoisotopic (exact) mass is 284 g/mol. The molecule has 2 aromatic rings. The van der Waals surface area contributed by atoms with Crippen LogP contribution >= 0.6 is 11.3 Å².